The van der Waals surface area contributed by atoms with Crippen LogP contribution in [0.25, 0.3) is 5.82 Å². The Hall–Kier alpha value is -1.77. The Bertz CT molecular complexity index is 671. The molecule has 0 spiro atoms. The van der Waals surface area contributed by atoms with Gasteiger partial charge in [0, 0.05) is 25.4 Å². The highest BCUT2D eigenvalue weighted by molar-refractivity contribution is 7.80. The number of thiocarbonyl (C=S) groups is 1. The van der Waals surface area contributed by atoms with E-state index in [2.05, 4.69) is 44.3 Å². The van der Waals surface area contributed by atoms with Crippen LogP contribution in [0.2, 0.25) is 0 Å². The number of halogens is 1. The van der Waals surface area contributed by atoms with Gasteiger partial charge >= 0.3 is 0 Å². The van der Waals surface area contributed by atoms with Crippen molar-refractivity contribution >= 4 is 35.6 Å². The van der Waals surface area contributed by atoms with Gasteiger partial charge in [0.1, 0.15) is 24.3 Å². The van der Waals surface area contributed by atoms with Crippen LogP contribution >= 0.6 is 24.6 Å². The van der Waals surface area contributed by atoms with Gasteiger partial charge in [0.15, 0.2) is 5.11 Å². The van der Waals surface area contributed by atoms with E-state index < -0.39 is 0 Å². The highest BCUT2D eigenvalue weighted by atomic mass is 35.5. The number of rotatable bonds is 9. The lowest BCUT2D eigenvalue weighted by molar-refractivity contribution is 0.264. The van der Waals surface area contributed by atoms with Crippen molar-refractivity contribution in [1.29, 1.82) is 0 Å². The van der Waals surface area contributed by atoms with E-state index in [1.807, 2.05) is 23.8 Å². The topological polar surface area (TPSA) is 70.9 Å². The summed E-state index contributed by atoms with van der Waals surface area (Å²) >= 11 is 5.19. The quantitative estimate of drug-likeness (QED) is 0.630. The third-order valence-corrected chi connectivity index (χ3v) is 3.84. The lowest BCUT2D eigenvalue weighted by Gasteiger charge is -2.19. The molecular weight excluding hydrogens is 370 g/mol. The van der Waals surface area contributed by atoms with Crippen molar-refractivity contribution in [3.05, 3.63) is 30.6 Å². The Balaban J connectivity index is 0.00000338. The summed E-state index contributed by atoms with van der Waals surface area (Å²) in [7, 11) is 0. The number of nitrogens with zero attached hydrogens (tertiary/aromatic N) is 5. The van der Waals surface area contributed by atoms with Gasteiger partial charge in [0.25, 0.3) is 0 Å². The van der Waals surface area contributed by atoms with E-state index in [1.54, 1.807) is 6.33 Å². The largest absolute Gasteiger partial charge is 0.363 e. The maximum atomic E-state index is 5.19. The Kier molecular flexibility index (Phi) is 10.1. The SMILES string of the molecule is CCCN(CCC)Cc1cn(-c2cc(NC(=S)NCC)ncn2)cn1.Cl. The second-order valence-electron chi connectivity index (χ2n) is 5.79. The van der Waals surface area contributed by atoms with Crippen molar-refractivity contribution in [2.75, 3.05) is 25.0 Å². The minimum absolute atomic E-state index is 0. The zero-order valence-electron chi connectivity index (χ0n) is 15.6. The molecule has 0 saturated heterocycles. The van der Waals surface area contributed by atoms with Gasteiger partial charge in [-0.3, -0.25) is 9.47 Å². The molecule has 0 aliphatic heterocycles. The van der Waals surface area contributed by atoms with Gasteiger partial charge in [-0.15, -0.1) is 12.4 Å². The first-order chi connectivity index (χ1) is 12.2. The summed E-state index contributed by atoms with van der Waals surface area (Å²) in [6, 6.07) is 1.85. The molecule has 0 aliphatic rings. The molecule has 2 aromatic rings. The zero-order chi connectivity index (χ0) is 18.1. The second kappa shape index (κ2) is 11.8. The van der Waals surface area contributed by atoms with Crippen LogP contribution in [0.15, 0.2) is 24.9 Å². The highest BCUT2D eigenvalue weighted by Crippen LogP contribution is 2.11. The van der Waals surface area contributed by atoms with E-state index in [1.165, 1.54) is 6.33 Å². The molecule has 2 heterocycles. The van der Waals surface area contributed by atoms with Gasteiger partial charge in [-0.25, -0.2) is 15.0 Å². The van der Waals surface area contributed by atoms with E-state index in [-0.39, 0.29) is 12.4 Å². The van der Waals surface area contributed by atoms with Crippen LogP contribution in [0.5, 0.6) is 0 Å². The van der Waals surface area contributed by atoms with Gasteiger partial charge in [0.2, 0.25) is 0 Å². The van der Waals surface area contributed by atoms with Crippen LogP contribution in [0.3, 0.4) is 0 Å². The Morgan fingerprint density at radius 3 is 2.54 bits per heavy atom. The van der Waals surface area contributed by atoms with Crippen LogP contribution in [0.1, 0.15) is 39.3 Å². The highest BCUT2D eigenvalue weighted by Gasteiger charge is 2.08. The molecule has 2 rings (SSSR count). The molecular formula is C17H28ClN7S. The summed E-state index contributed by atoms with van der Waals surface area (Å²) in [4.78, 5) is 15.5. The number of anilines is 1. The molecule has 26 heavy (non-hydrogen) atoms. The van der Waals surface area contributed by atoms with Gasteiger partial charge in [-0.2, -0.15) is 0 Å². The van der Waals surface area contributed by atoms with Gasteiger partial charge in [-0.05, 0) is 45.1 Å². The van der Waals surface area contributed by atoms with E-state index in [4.69, 9.17) is 12.2 Å². The molecule has 0 amide bonds. The molecule has 2 aromatic heterocycles. The van der Waals surface area contributed by atoms with E-state index in [0.29, 0.717) is 10.9 Å². The van der Waals surface area contributed by atoms with E-state index >= 15 is 0 Å². The van der Waals surface area contributed by atoms with Crippen LogP contribution in [0, 0.1) is 0 Å². The summed E-state index contributed by atoms with van der Waals surface area (Å²) in [5.74, 6) is 1.41. The van der Waals surface area contributed by atoms with Crippen molar-refractivity contribution in [2.24, 2.45) is 0 Å². The predicted molar refractivity (Wildman–Crippen MR) is 112 cm³/mol. The van der Waals surface area contributed by atoms with Crippen LogP contribution in [-0.2, 0) is 6.54 Å². The molecule has 0 aromatic carbocycles. The smallest absolute Gasteiger partial charge is 0.171 e. The molecule has 2 N–H and O–H groups in total. The minimum Gasteiger partial charge on any atom is -0.363 e. The van der Waals surface area contributed by atoms with Gasteiger partial charge in [-0.1, -0.05) is 13.8 Å². The first-order valence-corrected chi connectivity index (χ1v) is 9.19. The third kappa shape index (κ3) is 6.86. The van der Waals surface area contributed by atoms with E-state index in [0.717, 1.165) is 50.5 Å². The summed E-state index contributed by atoms with van der Waals surface area (Å²) in [5, 5.41) is 6.64. The average Bonchev–Trinajstić information content (AvgIpc) is 3.04. The number of nitrogens with one attached hydrogen (secondary N) is 2. The normalized spacial score (nSPS) is 10.5. The molecule has 144 valence electrons. The van der Waals surface area contributed by atoms with Gasteiger partial charge < -0.3 is 10.6 Å². The van der Waals surface area contributed by atoms with Crippen LogP contribution in [-0.4, -0.2) is 49.2 Å². The maximum Gasteiger partial charge on any atom is 0.171 e. The molecule has 0 unspecified atom stereocenters. The Morgan fingerprint density at radius 1 is 1.15 bits per heavy atom. The van der Waals surface area contributed by atoms with Crippen molar-refractivity contribution in [3.63, 3.8) is 0 Å². The number of aromatic nitrogens is 4. The van der Waals surface area contributed by atoms with Crippen LogP contribution in [0.4, 0.5) is 5.82 Å². The fourth-order valence-corrected chi connectivity index (χ4v) is 2.83. The summed E-state index contributed by atoms with van der Waals surface area (Å²) in [6.45, 7) is 10.2. The van der Waals surface area contributed by atoms with Crippen molar-refractivity contribution < 1.29 is 0 Å². The number of hydrogen-bond donors (Lipinski definition) is 2. The van der Waals surface area contributed by atoms with E-state index in [9.17, 15) is 0 Å². The third-order valence-electron chi connectivity index (χ3n) is 3.60. The van der Waals surface area contributed by atoms with Crippen molar-refractivity contribution in [2.45, 2.75) is 40.2 Å². The monoisotopic (exact) mass is 397 g/mol. The van der Waals surface area contributed by atoms with Gasteiger partial charge in [0.05, 0.1) is 5.69 Å². The molecule has 9 heteroatoms. The first kappa shape index (κ1) is 22.3. The molecule has 0 saturated carbocycles. The molecule has 0 aliphatic carbocycles. The molecule has 0 radical (unpaired) electrons. The van der Waals surface area contributed by atoms with Crippen LogP contribution < -0.4 is 10.6 Å². The van der Waals surface area contributed by atoms with Crippen molar-refractivity contribution in [1.82, 2.24) is 29.7 Å². The average molecular weight is 398 g/mol. The summed E-state index contributed by atoms with van der Waals surface area (Å²) in [5.41, 5.74) is 1.04. The molecule has 0 bridgehead atoms. The Morgan fingerprint density at radius 2 is 1.88 bits per heavy atom. The predicted octanol–water partition coefficient (Wildman–Crippen LogP) is 3.01. The Labute approximate surface area is 167 Å². The lowest BCUT2D eigenvalue weighted by atomic mass is 10.3. The van der Waals surface area contributed by atoms with Crippen molar-refractivity contribution in [3.8, 4) is 5.82 Å². The number of imidazole rings is 1. The number of hydrogen-bond acceptors (Lipinski definition) is 5. The molecule has 0 fully saturated rings. The summed E-state index contributed by atoms with van der Waals surface area (Å²) in [6.07, 6.45) is 7.63. The lowest BCUT2D eigenvalue weighted by Crippen LogP contribution is -2.28. The fourth-order valence-electron chi connectivity index (χ4n) is 2.58. The molecule has 0 atom stereocenters. The second-order valence-corrected chi connectivity index (χ2v) is 6.20. The molecule has 7 nitrogen and oxygen atoms in total. The zero-order valence-corrected chi connectivity index (χ0v) is 17.2. The summed E-state index contributed by atoms with van der Waals surface area (Å²) < 4.78 is 1.91. The standard InChI is InChI=1S/C17H27N7S.ClH/c1-4-7-23(8-5-2)10-14-11-24(13-21-14)16-9-15(19-12-20-16)22-17(25)18-6-3;/h9,11-13H,4-8,10H2,1-3H3,(H2,18,19,20,22,25);1H. The maximum absolute atomic E-state index is 5.19. The minimum atomic E-state index is 0. The fraction of sp³-hybridized carbons (Fsp3) is 0.529. The first-order valence-electron chi connectivity index (χ1n) is 8.78.